The van der Waals surface area contributed by atoms with Crippen LogP contribution >= 0.6 is 0 Å². The molecule has 2 aromatic carbocycles. The van der Waals surface area contributed by atoms with Crippen LogP contribution in [0.4, 0.5) is 0 Å². The number of hydrogen-bond acceptors (Lipinski definition) is 3. The lowest BCUT2D eigenvalue weighted by molar-refractivity contribution is 0.0692. The van der Waals surface area contributed by atoms with Gasteiger partial charge in [-0.05, 0) is 62.0 Å². The lowest BCUT2D eigenvalue weighted by Crippen LogP contribution is -2.44. The van der Waals surface area contributed by atoms with Crippen molar-refractivity contribution < 1.29 is 4.79 Å². The molecule has 4 nitrogen and oxygen atoms in total. The molecule has 0 atom stereocenters. The highest BCUT2D eigenvalue weighted by Gasteiger charge is 2.37. The number of nitriles is 1. The molecular formula is C24H27N3O. The Morgan fingerprint density at radius 2 is 1.57 bits per heavy atom. The third-order valence-corrected chi connectivity index (χ3v) is 6.25. The summed E-state index contributed by atoms with van der Waals surface area (Å²) in [6, 6.07) is 20.6. The normalized spacial score (nSPS) is 19.3. The predicted octanol–water partition coefficient (Wildman–Crippen LogP) is 3.98. The molecule has 4 heteroatoms. The van der Waals surface area contributed by atoms with Crippen LogP contribution in [-0.4, -0.2) is 41.9 Å². The zero-order chi connectivity index (χ0) is 19.4. The summed E-state index contributed by atoms with van der Waals surface area (Å²) in [5.41, 5.74) is 2.60. The summed E-state index contributed by atoms with van der Waals surface area (Å²) in [4.78, 5) is 17.3. The fourth-order valence-corrected chi connectivity index (χ4v) is 4.45. The maximum Gasteiger partial charge on any atom is 0.253 e. The van der Waals surface area contributed by atoms with E-state index >= 15 is 0 Å². The molecule has 0 aliphatic carbocycles. The van der Waals surface area contributed by atoms with Gasteiger partial charge < -0.3 is 4.90 Å². The average molecular weight is 374 g/mol. The van der Waals surface area contributed by atoms with Crippen molar-refractivity contribution in [1.29, 1.82) is 5.26 Å². The fraction of sp³-hybridized carbons (Fsp3) is 0.417. The summed E-state index contributed by atoms with van der Waals surface area (Å²) < 4.78 is 0. The second-order valence-corrected chi connectivity index (χ2v) is 8.03. The number of carbonyl (C=O) groups is 1. The Labute approximate surface area is 167 Å². The minimum absolute atomic E-state index is 0.0762. The topological polar surface area (TPSA) is 47.3 Å². The Hall–Kier alpha value is -2.64. The van der Waals surface area contributed by atoms with Crippen molar-refractivity contribution in [2.24, 2.45) is 0 Å². The summed E-state index contributed by atoms with van der Waals surface area (Å²) in [5, 5.41) is 9.83. The molecule has 0 saturated carbocycles. The van der Waals surface area contributed by atoms with Crippen LogP contribution in [0.15, 0.2) is 54.6 Å². The first-order chi connectivity index (χ1) is 13.7. The van der Waals surface area contributed by atoms with Crippen LogP contribution in [0.3, 0.4) is 0 Å². The Morgan fingerprint density at radius 3 is 2.18 bits per heavy atom. The molecule has 2 heterocycles. The van der Waals surface area contributed by atoms with E-state index in [-0.39, 0.29) is 5.91 Å². The molecule has 28 heavy (non-hydrogen) atoms. The summed E-state index contributed by atoms with van der Waals surface area (Å²) in [5.74, 6) is 0.0762. The predicted molar refractivity (Wildman–Crippen MR) is 110 cm³/mol. The Kier molecular flexibility index (Phi) is 5.45. The van der Waals surface area contributed by atoms with Crippen LogP contribution in [0, 0.1) is 11.3 Å². The van der Waals surface area contributed by atoms with Gasteiger partial charge in [-0.25, -0.2) is 0 Å². The van der Waals surface area contributed by atoms with E-state index in [1.54, 1.807) is 0 Å². The standard InChI is InChI=1S/C24H27N3O/c25-19-24(22-6-2-1-3-7-22)12-16-27(17-13-24)23(28)21-10-8-20(9-11-21)18-26-14-4-5-15-26/h1-3,6-11H,4-5,12-18H2. The van der Waals surface area contributed by atoms with Crippen molar-refractivity contribution in [2.75, 3.05) is 26.2 Å². The third-order valence-electron chi connectivity index (χ3n) is 6.25. The largest absolute Gasteiger partial charge is 0.339 e. The van der Waals surface area contributed by atoms with Gasteiger partial charge >= 0.3 is 0 Å². The molecule has 2 saturated heterocycles. The van der Waals surface area contributed by atoms with Gasteiger partial charge in [0.25, 0.3) is 5.91 Å². The first kappa shape index (κ1) is 18.7. The zero-order valence-corrected chi connectivity index (χ0v) is 16.3. The van der Waals surface area contributed by atoms with Crippen LogP contribution < -0.4 is 0 Å². The van der Waals surface area contributed by atoms with Gasteiger partial charge in [0.2, 0.25) is 0 Å². The van der Waals surface area contributed by atoms with Gasteiger partial charge in [-0.3, -0.25) is 9.69 Å². The van der Waals surface area contributed by atoms with E-state index < -0.39 is 5.41 Å². The van der Waals surface area contributed by atoms with E-state index in [0.717, 1.165) is 17.7 Å². The summed E-state index contributed by atoms with van der Waals surface area (Å²) >= 11 is 0. The number of piperidine rings is 1. The monoisotopic (exact) mass is 373 g/mol. The van der Waals surface area contributed by atoms with E-state index in [2.05, 4.69) is 23.1 Å². The molecule has 0 radical (unpaired) electrons. The molecule has 0 N–H and O–H groups in total. The van der Waals surface area contributed by atoms with Crippen molar-refractivity contribution >= 4 is 5.91 Å². The van der Waals surface area contributed by atoms with Crippen molar-refractivity contribution in [3.63, 3.8) is 0 Å². The van der Waals surface area contributed by atoms with Crippen molar-refractivity contribution in [3.05, 3.63) is 71.3 Å². The first-order valence-corrected chi connectivity index (χ1v) is 10.3. The molecule has 2 aromatic rings. The van der Waals surface area contributed by atoms with Crippen molar-refractivity contribution in [3.8, 4) is 6.07 Å². The molecule has 0 unspecified atom stereocenters. The van der Waals surface area contributed by atoms with E-state index in [4.69, 9.17) is 0 Å². The van der Waals surface area contributed by atoms with Gasteiger partial charge in [0.15, 0.2) is 0 Å². The van der Waals surface area contributed by atoms with Crippen LogP contribution in [-0.2, 0) is 12.0 Å². The van der Waals surface area contributed by atoms with E-state index in [1.807, 2.05) is 47.4 Å². The second kappa shape index (κ2) is 8.16. The maximum absolute atomic E-state index is 12.9. The molecule has 4 rings (SSSR count). The smallest absolute Gasteiger partial charge is 0.253 e. The molecule has 2 aliphatic heterocycles. The highest BCUT2D eigenvalue weighted by Crippen LogP contribution is 2.35. The van der Waals surface area contributed by atoms with Crippen LogP contribution in [0.2, 0.25) is 0 Å². The first-order valence-electron chi connectivity index (χ1n) is 10.3. The fourth-order valence-electron chi connectivity index (χ4n) is 4.45. The van der Waals surface area contributed by atoms with Gasteiger partial charge in [0.05, 0.1) is 11.5 Å². The van der Waals surface area contributed by atoms with Crippen LogP contribution in [0.1, 0.15) is 47.2 Å². The minimum Gasteiger partial charge on any atom is -0.339 e. The summed E-state index contributed by atoms with van der Waals surface area (Å²) in [6.07, 6.45) is 3.95. The molecule has 0 spiro atoms. The number of benzene rings is 2. The Balaban J connectivity index is 1.39. The van der Waals surface area contributed by atoms with Gasteiger partial charge in [-0.1, -0.05) is 42.5 Å². The second-order valence-electron chi connectivity index (χ2n) is 8.03. The van der Waals surface area contributed by atoms with Gasteiger partial charge in [-0.2, -0.15) is 5.26 Å². The molecule has 0 bridgehead atoms. The number of nitrogens with zero attached hydrogens (tertiary/aromatic N) is 3. The molecule has 0 aromatic heterocycles. The molecule has 2 fully saturated rings. The number of carbonyl (C=O) groups excluding carboxylic acids is 1. The van der Waals surface area contributed by atoms with Crippen molar-refractivity contribution in [1.82, 2.24) is 9.80 Å². The number of likely N-dealkylation sites (tertiary alicyclic amines) is 2. The number of rotatable bonds is 4. The van der Waals surface area contributed by atoms with E-state index in [0.29, 0.717) is 25.9 Å². The Bertz CT molecular complexity index is 840. The highest BCUT2D eigenvalue weighted by molar-refractivity contribution is 5.94. The number of hydrogen-bond donors (Lipinski definition) is 0. The molecule has 2 aliphatic rings. The van der Waals surface area contributed by atoms with Crippen molar-refractivity contribution in [2.45, 2.75) is 37.6 Å². The highest BCUT2D eigenvalue weighted by atomic mass is 16.2. The van der Waals surface area contributed by atoms with Gasteiger partial charge in [0, 0.05) is 25.2 Å². The quantitative estimate of drug-likeness (QED) is 0.814. The average Bonchev–Trinajstić information content (AvgIpc) is 3.27. The van der Waals surface area contributed by atoms with Crippen LogP contribution in [0.25, 0.3) is 0 Å². The molecular weight excluding hydrogens is 346 g/mol. The Morgan fingerprint density at radius 1 is 0.929 bits per heavy atom. The summed E-state index contributed by atoms with van der Waals surface area (Å²) in [6.45, 7) is 4.57. The van der Waals surface area contributed by atoms with E-state index in [1.165, 1.54) is 31.5 Å². The zero-order valence-electron chi connectivity index (χ0n) is 16.3. The minimum atomic E-state index is -0.475. The SMILES string of the molecule is N#CC1(c2ccccc2)CCN(C(=O)c2ccc(CN3CCCC3)cc2)CC1. The van der Waals surface area contributed by atoms with Crippen LogP contribution in [0.5, 0.6) is 0 Å². The maximum atomic E-state index is 12.9. The summed E-state index contributed by atoms with van der Waals surface area (Å²) in [7, 11) is 0. The molecule has 144 valence electrons. The van der Waals surface area contributed by atoms with E-state index in [9.17, 15) is 10.1 Å². The van der Waals surface area contributed by atoms with Gasteiger partial charge in [0.1, 0.15) is 0 Å². The van der Waals surface area contributed by atoms with Gasteiger partial charge in [-0.15, -0.1) is 0 Å². The molecule has 1 amide bonds. The third kappa shape index (κ3) is 3.81. The lowest BCUT2D eigenvalue weighted by Gasteiger charge is -2.37. The number of amides is 1. The lowest BCUT2D eigenvalue weighted by atomic mass is 9.74.